The molecule has 1 saturated carbocycles. The maximum absolute atomic E-state index is 14.6. The molecule has 4 aliphatic rings. The number of nitrogens with zero attached hydrogens (tertiary/aromatic N) is 2. The van der Waals surface area contributed by atoms with Gasteiger partial charge in [0.05, 0.1) is 34.8 Å². The molecule has 0 radical (unpaired) electrons. The molecule has 0 unspecified atom stereocenters. The standard InChI is InChI=1S/C34H24Br2Cl3FN2O6/c1-14-3-6-17(11-22(14)37)41-29(44)19-10-9-18-21(24(19)30(41)45)13-33(38)31(46)42(16-7-4-15(40)5-8-16)32(47)34(33,39)25(18)20-12-23(48-2)28(43)27(36)26(20)35/h3-9,11-12,19,21,24-25,43H,10,13H2,1-2H3/t19-,21+,24-,25+,33+,34-/m0/s1. The highest BCUT2D eigenvalue weighted by molar-refractivity contribution is 9.13. The number of rotatable bonds is 4. The number of benzene rings is 3. The van der Waals surface area contributed by atoms with Crippen LogP contribution in [0.3, 0.4) is 0 Å². The third kappa shape index (κ3) is 4.43. The smallest absolute Gasteiger partial charge is 0.258 e. The van der Waals surface area contributed by atoms with Gasteiger partial charge in [0.1, 0.15) is 5.82 Å². The molecule has 248 valence electrons. The molecule has 0 bridgehead atoms. The lowest BCUT2D eigenvalue weighted by atomic mass is 9.56. The van der Waals surface area contributed by atoms with Gasteiger partial charge in [-0.1, -0.05) is 29.3 Å². The van der Waals surface area contributed by atoms with E-state index in [-0.39, 0.29) is 34.5 Å². The van der Waals surface area contributed by atoms with Crippen LogP contribution in [0.1, 0.15) is 29.9 Å². The first kappa shape index (κ1) is 33.5. The molecule has 0 aromatic heterocycles. The van der Waals surface area contributed by atoms with Gasteiger partial charge in [0.2, 0.25) is 11.8 Å². The SMILES string of the molecule is COc1cc([C@H]2C3=CC[C@@H]4C(=O)N(c5ccc(C)c(Cl)c5)C(=O)[C@@H]4[C@@H]3C[C@@]3(Cl)C(=O)N(c4ccc(F)cc4)C(=O)[C@@]23Cl)c(Br)c(Br)c1O. The zero-order chi connectivity index (χ0) is 34.6. The van der Waals surface area contributed by atoms with Gasteiger partial charge in [0.15, 0.2) is 21.2 Å². The monoisotopic (exact) mass is 838 g/mol. The normalized spacial score (nSPS) is 29.5. The molecule has 8 nitrogen and oxygen atoms in total. The Hall–Kier alpha value is -2.96. The molecule has 14 heteroatoms. The Balaban J connectivity index is 1.44. The molecule has 3 aromatic rings. The van der Waals surface area contributed by atoms with Gasteiger partial charge >= 0.3 is 0 Å². The van der Waals surface area contributed by atoms with Crippen LogP contribution in [0.15, 0.2) is 69.1 Å². The van der Waals surface area contributed by atoms with Crippen molar-refractivity contribution in [2.24, 2.45) is 17.8 Å². The van der Waals surface area contributed by atoms with Crippen molar-refractivity contribution in [2.75, 3.05) is 16.9 Å². The van der Waals surface area contributed by atoms with Crippen molar-refractivity contribution in [1.29, 1.82) is 0 Å². The quantitative estimate of drug-likeness (QED) is 0.164. The lowest BCUT2D eigenvalue weighted by Crippen LogP contribution is -2.60. The zero-order valence-corrected chi connectivity index (χ0v) is 30.5. The van der Waals surface area contributed by atoms with E-state index in [2.05, 4.69) is 31.9 Å². The number of hydrogen-bond acceptors (Lipinski definition) is 6. The van der Waals surface area contributed by atoms with E-state index in [1.54, 1.807) is 31.2 Å². The van der Waals surface area contributed by atoms with Crippen molar-refractivity contribution in [3.8, 4) is 11.5 Å². The summed E-state index contributed by atoms with van der Waals surface area (Å²) in [6, 6.07) is 11.2. The van der Waals surface area contributed by atoms with Crippen LogP contribution in [0.25, 0.3) is 0 Å². The van der Waals surface area contributed by atoms with Crippen LogP contribution in [-0.4, -0.2) is 45.6 Å². The Bertz CT molecular complexity index is 2010. The summed E-state index contributed by atoms with van der Waals surface area (Å²) in [4.78, 5) is 55.0. The molecular weight excluding hydrogens is 818 g/mol. The molecule has 2 heterocycles. The number of imide groups is 2. The summed E-state index contributed by atoms with van der Waals surface area (Å²) < 4.78 is 19.8. The first-order valence-corrected chi connectivity index (χ1v) is 17.5. The number of halogens is 6. The van der Waals surface area contributed by atoms with E-state index in [0.29, 0.717) is 26.3 Å². The first-order valence-electron chi connectivity index (χ1n) is 14.8. The summed E-state index contributed by atoms with van der Waals surface area (Å²) in [6.07, 6.45) is 1.69. The fourth-order valence-electron chi connectivity index (χ4n) is 7.70. The van der Waals surface area contributed by atoms with Crippen molar-refractivity contribution in [3.05, 3.63) is 91.1 Å². The lowest BCUT2D eigenvalue weighted by molar-refractivity contribution is -0.125. The van der Waals surface area contributed by atoms with Crippen LogP contribution in [0, 0.1) is 30.5 Å². The molecule has 4 amide bonds. The Morgan fingerprint density at radius 2 is 1.58 bits per heavy atom. The van der Waals surface area contributed by atoms with E-state index in [9.17, 15) is 28.7 Å². The first-order chi connectivity index (χ1) is 22.7. The number of phenols is 1. The van der Waals surface area contributed by atoms with Crippen molar-refractivity contribution in [1.82, 2.24) is 0 Å². The zero-order valence-electron chi connectivity index (χ0n) is 25.1. The van der Waals surface area contributed by atoms with E-state index in [4.69, 9.17) is 39.5 Å². The average molecular weight is 842 g/mol. The van der Waals surface area contributed by atoms with Crippen molar-refractivity contribution >= 4 is 102 Å². The van der Waals surface area contributed by atoms with Crippen LogP contribution in [0.5, 0.6) is 11.5 Å². The number of aryl methyl sites for hydroxylation is 1. The lowest BCUT2D eigenvalue weighted by Gasteiger charge is -2.51. The van der Waals surface area contributed by atoms with Gasteiger partial charge < -0.3 is 9.84 Å². The summed E-state index contributed by atoms with van der Waals surface area (Å²) in [5.74, 6) is -7.06. The fourth-order valence-corrected chi connectivity index (χ4v) is 9.75. The van der Waals surface area contributed by atoms with Gasteiger partial charge in [0, 0.05) is 15.4 Å². The molecule has 2 saturated heterocycles. The number of fused-ring (bicyclic) bond motifs is 4. The summed E-state index contributed by atoms with van der Waals surface area (Å²) in [6.45, 7) is 1.81. The minimum atomic E-state index is -2.17. The third-order valence-corrected chi connectivity index (χ3v) is 14.0. The second-order valence-electron chi connectivity index (χ2n) is 12.3. The number of anilines is 2. The minimum Gasteiger partial charge on any atom is -0.503 e. The van der Waals surface area contributed by atoms with Crippen molar-refractivity contribution in [3.63, 3.8) is 0 Å². The van der Waals surface area contributed by atoms with E-state index >= 15 is 0 Å². The number of hydrogen-bond donors (Lipinski definition) is 1. The van der Waals surface area contributed by atoms with Gasteiger partial charge in [-0.25, -0.2) is 14.2 Å². The number of alkyl halides is 2. The Labute approximate surface area is 306 Å². The van der Waals surface area contributed by atoms with E-state index in [1.165, 1.54) is 25.3 Å². The number of aromatic hydroxyl groups is 1. The van der Waals surface area contributed by atoms with Crippen molar-refractivity contribution in [2.45, 2.75) is 35.4 Å². The number of allylic oxidation sites excluding steroid dienone is 2. The van der Waals surface area contributed by atoms with Gasteiger partial charge in [-0.3, -0.25) is 19.2 Å². The fraction of sp³-hybridized carbons (Fsp3) is 0.294. The van der Waals surface area contributed by atoms with Gasteiger partial charge in [-0.2, -0.15) is 0 Å². The molecule has 48 heavy (non-hydrogen) atoms. The summed E-state index contributed by atoms with van der Waals surface area (Å²) in [7, 11) is 1.35. The highest BCUT2D eigenvalue weighted by Crippen LogP contribution is 2.67. The van der Waals surface area contributed by atoms with Crippen molar-refractivity contribution < 1.29 is 33.4 Å². The molecule has 6 atom stereocenters. The Morgan fingerprint density at radius 3 is 2.23 bits per heavy atom. The number of carbonyl (C=O) groups excluding carboxylic acids is 4. The third-order valence-electron chi connectivity index (χ3n) is 10.0. The molecule has 2 aliphatic carbocycles. The van der Waals surface area contributed by atoms with Crippen LogP contribution in [0.4, 0.5) is 15.8 Å². The molecule has 3 aromatic carbocycles. The number of methoxy groups -OCH3 is 1. The molecule has 2 aliphatic heterocycles. The van der Waals surface area contributed by atoms with E-state index in [1.807, 2.05) is 0 Å². The number of carbonyl (C=O) groups is 4. The number of phenolic OH excluding ortho intramolecular Hbond substituents is 1. The second kappa shape index (κ2) is 11.6. The predicted octanol–water partition coefficient (Wildman–Crippen LogP) is 7.79. The van der Waals surface area contributed by atoms with E-state index in [0.717, 1.165) is 27.5 Å². The van der Waals surface area contributed by atoms with Crippen LogP contribution in [0.2, 0.25) is 5.02 Å². The van der Waals surface area contributed by atoms with E-state index < -0.39 is 62.9 Å². The number of amides is 4. The molecule has 0 spiro atoms. The molecule has 3 fully saturated rings. The highest BCUT2D eigenvalue weighted by atomic mass is 79.9. The molecular formula is C34H24Br2Cl3FN2O6. The number of ether oxygens (including phenoxy) is 1. The molecule has 7 rings (SSSR count). The largest absolute Gasteiger partial charge is 0.503 e. The maximum Gasteiger partial charge on any atom is 0.258 e. The summed E-state index contributed by atoms with van der Waals surface area (Å²) >= 11 is 28.2. The second-order valence-corrected chi connectivity index (χ2v) is 15.6. The molecule has 1 N–H and O–H groups in total. The van der Waals surface area contributed by atoms with Crippen LogP contribution >= 0.6 is 66.7 Å². The van der Waals surface area contributed by atoms with Gasteiger partial charge in [-0.05, 0) is 111 Å². The Kier molecular flexibility index (Phi) is 8.07. The maximum atomic E-state index is 14.6. The summed E-state index contributed by atoms with van der Waals surface area (Å²) in [5.41, 5.74) is 2.03. The highest BCUT2D eigenvalue weighted by Gasteiger charge is 2.77. The average Bonchev–Trinajstić information content (AvgIpc) is 3.40. The predicted molar refractivity (Wildman–Crippen MR) is 185 cm³/mol. The van der Waals surface area contributed by atoms with Gasteiger partial charge in [-0.15, -0.1) is 23.2 Å². The van der Waals surface area contributed by atoms with Crippen LogP contribution < -0.4 is 14.5 Å². The van der Waals surface area contributed by atoms with Gasteiger partial charge in [0.25, 0.3) is 11.8 Å². The topological polar surface area (TPSA) is 104 Å². The summed E-state index contributed by atoms with van der Waals surface area (Å²) in [5, 5.41) is 11.2. The minimum absolute atomic E-state index is 0.0404. The van der Waals surface area contributed by atoms with Crippen LogP contribution in [-0.2, 0) is 19.2 Å². The Morgan fingerprint density at radius 1 is 0.917 bits per heavy atom.